The van der Waals surface area contributed by atoms with E-state index < -0.39 is 5.82 Å². The Morgan fingerprint density at radius 3 is 2.96 bits per heavy atom. The number of rotatable bonds is 6. The highest BCUT2D eigenvalue weighted by atomic mass is 19.1. The number of nitrogens with zero attached hydrogens (tertiary/aromatic N) is 4. The number of benzene rings is 1. The molecular weight excluding hydrogens is 295 g/mol. The molecule has 5 nitrogen and oxygen atoms in total. The van der Waals surface area contributed by atoms with E-state index in [1.807, 2.05) is 31.7 Å². The molecule has 122 valence electrons. The highest BCUT2D eigenvalue weighted by Crippen LogP contribution is 2.23. The largest absolute Gasteiger partial charge is 0.487 e. The smallest absolute Gasteiger partial charge is 0.144 e. The van der Waals surface area contributed by atoms with E-state index in [0.717, 1.165) is 18.9 Å². The van der Waals surface area contributed by atoms with E-state index in [2.05, 4.69) is 9.98 Å². The van der Waals surface area contributed by atoms with Gasteiger partial charge in [-0.3, -0.25) is 9.98 Å². The van der Waals surface area contributed by atoms with Gasteiger partial charge in [0.1, 0.15) is 35.1 Å². The number of ether oxygens (including phenoxy) is 1. The molecule has 2 atom stereocenters. The first kappa shape index (κ1) is 16.9. The van der Waals surface area contributed by atoms with Gasteiger partial charge in [0, 0.05) is 6.54 Å². The standard InChI is InChI=1S/C17H21FN4O/c1-4-16(12(2)21-11-22-9-8-20-13(22)3)23-17-7-5-6-15(18)14(17)10-19/h5-7,11-12,16H,4,8-9H2,1-3H3/t12-,16?/m1/s1. The van der Waals surface area contributed by atoms with Crippen LogP contribution < -0.4 is 4.74 Å². The summed E-state index contributed by atoms with van der Waals surface area (Å²) in [6, 6.07) is 6.13. The van der Waals surface area contributed by atoms with Crippen LogP contribution in [-0.4, -0.2) is 42.3 Å². The van der Waals surface area contributed by atoms with Gasteiger partial charge in [-0.2, -0.15) is 5.26 Å². The number of hydrogen-bond acceptors (Lipinski definition) is 4. The highest BCUT2D eigenvalue weighted by Gasteiger charge is 2.20. The molecule has 0 aromatic heterocycles. The Labute approximate surface area is 136 Å². The SMILES string of the molecule is CCC(Oc1cccc(F)c1C#N)[C@@H](C)N=CN1CCN=C1C. The predicted octanol–water partition coefficient (Wildman–Crippen LogP) is 3.01. The Balaban J connectivity index is 2.08. The third kappa shape index (κ3) is 4.07. The van der Waals surface area contributed by atoms with Crippen molar-refractivity contribution in [2.45, 2.75) is 39.3 Å². The average Bonchev–Trinajstić information content (AvgIpc) is 2.95. The highest BCUT2D eigenvalue weighted by molar-refractivity contribution is 5.91. The summed E-state index contributed by atoms with van der Waals surface area (Å²) in [7, 11) is 0. The first-order valence-corrected chi connectivity index (χ1v) is 7.73. The van der Waals surface area contributed by atoms with Crippen molar-refractivity contribution in [3.8, 4) is 11.8 Å². The van der Waals surface area contributed by atoms with E-state index in [1.54, 1.807) is 12.4 Å². The number of halogens is 1. The molecule has 0 aliphatic carbocycles. The maximum atomic E-state index is 13.6. The minimum atomic E-state index is -0.570. The summed E-state index contributed by atoms with van der Waals surface area (Å²) in [6.45, 7) is 7.49. The van der Waals surface area contributed by atoms with Gasteiger partial charge in [0.2, 0.25) is 0 Å². The maximum absolute atomic E-state index is 13.6. The van der Waals surface area contributed by atoms with Gasteiger partial charge in [-0.1, -0.05) is 13.0 Å². The predicted molar refractivity (Wildman–Crippen MR) is 88.5 cm³/mol. The number of hydrogen-bond donors (Lipinski definition) is 0. The minimum Gasteiger partial charge on any atom is -0.487 e. The molecule has 1 aromatic rings. The van der Waals surface area contributed by atoms with Crippen LogP contribution in [0.1, 0.15) is 32.8 Å². The third-order valence-corrected chi connectivity index (χ3v) is 3.84. The maximum Gasteiger partial charge on any atom is 0.144 e. The molecule has 0 bridgehead atoms. The zero-order valence-electron chi connectivity index (χ0n) is 13.7. The lowest BCUT2D eigenvalue weighted by atomic mass is 10.1. The fourth-order valence-electron chi connectivity index (χ4n) is 2.39. The number of nitriles is 1. The summed E-state index contributed by atoms with van der Waals surface area (Å²) in [6.07, 6.45) is 2.24. The number of aliphatic imine (C=N–C) groups is 2. The Morgan fingerprint density at radius 2 is 2.35 bits per heavy atom. The molecular formula is C17H21FN4O. The molecule has 2 rings (SSSR count). The van der Waals surface area contributed by atoms with Gasteiger partial charge in [-0.05, 0) is 32.4 Å². The van der Waals surface area contributed by atoms with Gasteiger partial charge in [-0.25, -0.2) is 4.39 Å². The van der Waals surface area contributed by atoms with Crippen molar-refractivity contribution < 1.29 is 9.13 Å². The van der Waals surface area contributed by atoms with Crippen LogP contribution in [0, 0.1) is 17.1 Å². The Morgan fingerprint density at radius 1 is 1.57 bits per heavy atom. The van der Waals surface area contributed by atoms with Gasteiger partial charge < -0.3 is 9.64 Å². The molecule has 0 saturated carbocycles. The van der Waals surface area contributed by atoms with E-state index >= 15 is 0 Å². The molecule has 1 heterocycles. The average molecular weight is 316 g/mol. The van der Waals surface area contributed by atoms with Gasteiger partial charge in [0.25, 0.3) is 0 Å². The van der Waals surface area contributed by atoms with Crippen LogP contribution in [0.25, 0.3) is 0 Å². The normalized spacial score (nSPS) is 17.0. The van der Waals surface area contributed by atoms with Crippen LogP contribution >= 0.6 is 0 Å². The molecule has 0 spiro atoms. The summed E-state index contributed by atoms with van der Waals surface area (Å²) in [5.41, 5.74) is -0.0651. The van der Waals surface area contributed by atoms with E-state index in [9.17, 15) is 4.39 Å². The van der Waals surface area contributed by atoms with Crippen molar-refractivity contribution in [3.05, 3.63) is 29.6 Å². The molecule has 6 heteroatoms. The van der Waals surface area contributed by atoms with Crippen molar-refractivity contribution in [3.63, 3.8) is 0 Å². The van der Waals surface area contributed by atoms with Crippen molar-refractivity contribution in [2.24, 2.45) is 9.98 Å². The van der Waals surface area contributed by atoms with Gasteiger partial charge in [0.15, 0.2) is 0 Å². The van der Waals surface area contributed by atoms with Gasteiger partial charge in [0.05, 0.1) is 18.9 Å². The monoisotopic (exact) mass is 316 g/mol. The summed E-state index contributed by atoms with van der Waals surface area (Å²) in [4.78, 5) is 10.8. The summed E-state index contributed by atoms with van der Waals surface area (Å²) < 4.78 is 19.5. The van der Waals surface area contributed by atoms with Crippen LogP contribution in [0.4, 0.5) is 4.39 Å². The summed E-state index contributed by atoms with van der Waals surface area (Å²) in [5.74, 6) is 0.645. The van der Waals surface area contributed by atoms with Crippen LogP contribution in [0.5, 0.6) is 5.75 Å². The van der Waals surface area contributed by atoms with Crippen molar-refractivity contribution >= 4 is 12.2 Å². The lowest BCUT2D eigenvalue weighted by molar-refractivity contribution is 0.172. The summed E-state index contributed by atoms with van der Waals surface area (Å²) in [5, 5.41) is 9.08. The van der Waals surface area contributed by atoms with Crippen molar-refractivity contribution in [1.82, 2.24) is 4.90 Å². The van der Waals surface area contributed by atoms with Gasteiger partial charge >= 0.3 is 0 Å². The molecule has 0 N–H and O–H groups in total. The Bertz CT molecular complexity index is 650. The summed E-state index contributed by atoms with van der Waals surface area (Å²) >= 11 is 0. The second kappa shape index (κ2) is 7.73. The molecule has 0 saturated heterocycles. The van der Waals surface area contributed by atoms with Crippen LogP contribution in [0.15, 0.2) is 28.2 Å². The third-order valence-electron chi connectivity index (χ3n) is 3.84. The van der Waals surface area contributed by atoms with Gasteiger partial charge in [-0.15, -0.1) is 0 Å². The van der Waals surface area contributed by atoms with Crippen molar-refractivity contribution in [2.75, 3.05) is 13.1 Å². The molecule has 1 unspecified atom stereocenters. The second-order valence-corrected chi connectivity index (χ2v) is 5.42. The van der Waals surface area contributed by atoms with Crippen LogP contribution in [0.3, 0.4) is 0 Å². The fourth-order valence-corrected chi connectivity index (χ4v) is 2.39. The zero-order valence-corrected chi connectivity index (χ0v) is 13.7. The second-order valence-electron chi connectivity index (χ2n) is 5.42. The Hall–Kier alpha value is -2.42. The lowest BCUT2D eigenvalue weighted by Crippen LogP contribution is -2.30. The first-order chi connectivity index (χ1) is 11.1. The molecule has 1 aliphatic heterocycles. The molecule has 0 radical (unpaired) electrons. The Kier molecular flexibility index (Phi) is 5.69. The molecule has 0 amide bonds. The number of amidine groups is 1. The van der Waals surface area contributed by atoms with E-state index in [0.29, 0.717) is 6.42 Å². The fraction of sp³-hybridized carbons (Fsp3) is 0.471. The van der Waals surface area contributed by atoms with Crippen LogP contribution in [0.2, 0.25) is 0 Å². The topological polar surface area (TPSA) is 61.0 Å². The molecule has 1 aromatic carbocycles. The molecule has 0 fully saturated rings. The molecule has 1 aliphatic rings. The first-order valence-electron chi connectivity index (χ1n) is 7.73. The van der Waals surface area contributed by atoms with E-state index in [-0.39, 0.29) is 23.5 Å². The minimum absolute atomic E-state index is 0.0651. The van der Waals surface area contributed by atoms with Crippen molar-refractivity contribution in [1.29, 1.82) is 5.26 Å². The van der Waals surface area contributed by atoms with Crippen LogP contribution in [-0.2, 0) is 0 Å². The zero-order chi connectivity index (χ0) is 16.8. The van der Waals surface area contributed by atoms with E-state index in [4.69, 9.17) is 10.00 Å². The van der Waals surface area contributed by atoms with E-state index in [1.165, 1.54) is 12.1 Å². The molecule has 23 heavy (non-hydrogen) atoms. The lowest BCUT2D eigenvalue weighted by Gasteiger charge is -2.22. The quantitative estimate of drug-likeness (QED) is 0.599.